The van der Waals surface area contributed by atoms with E-state index in [1.54, 1.807) is 13.8 Å². The zero-order chi connectivity index (χ0) is 8.15. The van der Waals surface area contributed by atoms with Gasteiger partial charge < -0.3 is 0 Å². The molecule has 10 heavy (non-hydrogen) atoms. The highest BCUT2D eigenvalue weighted by Gasteiger charge is 2.07. The highest BCUT2D eigenvalue weighted by molar-refractivity contribution is 5.85. The molecule has 0 saturated heterocycles. The van der Waals surface area contributed by atoms with Gasteiger partial charge in [0.2, 0.25) is 0 Å². The molecule has 0 radical (unpaired) electrons. The molecule has 0 rings (SSSR count). The van der Waals surface area contributed by atoms with Crippen molar-refractivity contribution in [2.45, 2.75) is 26.8 Å². The third-order valence-corrected chi connectivity index (χ3v) is 1.01. The van der Waals surface area contributed by atoms with E-state index in [1.165, 1.54) is 6.92 Å². The van der Waals surface area contributed by atoms with Gasteiger partial charge in [0, 0.05) is 0 Å². The molecule has 0 fully saturated rings. The van der Waals surface area contributed by atoms with Crippen LogP contribution in [0.15, 0.2) is 4.99 Å². The summed E-state index contributed by atoms with van der Waals surface area (Å²) in [5.74, 6) is 0.213. The Hall–Kier alpha value is -0.930. The fourth-order valence-electron chi connectivity index (χ4n) is 0.522. The Bertz CT molecular complexity index is 142. The normalized spacial score (nSPS) is 11.9. The maximum atomic E-state index is 12.7. The molecule has 0 aromatic heterocycles. The molecule has 0 aromatic rings. The number of aliphatic imine (C=N–C) groups is 1. The number of rotatable bonds is 2. The smallest absolute Gasteiger partial charge is 0.133 e. The van der Waals surface area contributed by atoms with Crippen molar-refractivity contribution in [2.24, 2.45) is 4.99 Å². The summed E-state index contributed by atoms with van der Waals surface area (Å²) in [6, 6.07) is -0.219. The van der Waals surface area contributed by atoms with Crippen LogP contribution < -0.4 is 0 Å². The predicted molar refractivity (Wildman–Crippen MR) is 40.0 cm³/mol. The molecule has 0 heterocycles. The van der Waals surface area contributed by atoms with E-state index in [4.69, 9.17) is 5.41 Å². The monoisotopic (exact) mass is 145 g/mol. The van der Waals surface area contributed by atoms with Gasteiger partial charge in [-0.1, -0.05) is 4.48 Å². The number of hydrogen-bond donors (Lipinski definition) is 1. The standard InChI is InChI=1S/C6H12FN3/c1-5(2)10(7)6(3)9-4-8/h4-5,8H,1-3H3. The predicted octanol–water partition coefficient (Wildman–Crippen LogP) is 1.61. The fraction of sp³-hybridized carbons (Fsp3) is 0.667. The molecule has 0 atom stereocenters. The molecule has 0 aromatic carbocycles. The van der Waals surface area contributed by atoms with Gasteiger partial charge in [-0.05, 0) is 20.8 Å². The first kappa shape index (κ1) is 9.07. The number of nitrogens with one attached hydrogen (secondary N) is 1. The highest BCUT2D eigenvalue weighted by atomic mass is 19.2. The van der Waals surface area contributed by atoms with Crippen molar-refractivity contribution in [2.75, 3.05) is 0 Å². The zero-order valence-corrected chi connectivity index (χ0v) is 6.43. The molecule has 3 nitrogen and oxygen atoms in total. The number of halogens is 1. The van der Waals surface area contributed by atoms with E-state index < -0.39 is 0 Å². The van der Waals surface area contributed by atoms with Crippen LogP contribution in [0.4, 0.5) is 4.48 Å². The summed E-state index contributed by atoms with van der Waals surface area (Å²) in [4.78, 5) is 3.46. The molecule has 58 valence electrons. The zero-order valence-electron chi connectivity index (χ0n) is 6.43. The van der Waals surface area contributed by atoms with Gasteiger partial charge in [0.1, 0.15) is 12.2 Å². The van der Waals surface area contributed by atoms with Crippen LogP contribution in [0.2, 0.25) is 0 Å². The summed E-state index contributed by atoms with van der Waals surface area (Å²) < 4.78 is 12.7. The molecule has 0 spiro atoms. The quantitative estimate of drug-likeness (QED) is 0.358. The minimum Gasteiger partial charge on any atom is -0.289 e. The van der Waals surface area contributed by atoms with Crippen molar-refractivity contribution in [3.05, 3.63) is 0 Å². The maximum Gasteiger partial charge on any atom is 0.133 e. The topological polar surface area (TPSA) is 39.5 Å². The van der Waals surface area contributed by atoms with Crippen molar-refractivity contribution in [3.63, 3.8) is 0 Å². The van der Waals surface area contributed by atoms with Gasteiger partial charge in [0.05, 0.1) is 6.04 Å². The Morgan fingerprint density at radius 1 is 1.70 bits per heavy atom. The third-order valence-electron chi connectivity index (χ3n) is 1.01. The van der Waals surface area contributed by atoms with E-state index in [0.29, 0.717) is 5.12 Å². The van der Waals surface area contributed by atoms with Gasteiger partial charge >= 0.3 is 0 Å². The van der Waals surface area contributed by atoms with Crippen molar-refractivity contribution < 1.29 is 4.48 Å². The Morgan fingerprint density at radius 2 is 2.20 bits per heavy atom. The lowest BCUT2D eigenvalue weighted by Gasteiger charge is -2.15. The summed E-state index contributed by atoms with van der Waals surface area (Å²) in [5.41, 5.74) is 0. The van der Waals surface area contributed by atoms with E-state index in [1.807, 2.05) is 0 Å². The minimum atomic E-state index is -0.219. The third kappa shape index (κ3) is 2.57. The lowest BCUT2D eigenvalue weighted by Crippen LogP contribution is -2.27. The molecule has 0 amide bonds. The molecule has 0 aliphatic heterocycles. The van der Waals surface area contributed by atoms with Gasteiger partial charge in [0.15, 0.2) is 0 Å². The molecule has 0 unspecified atom stereocenters. The van der Waals surface area contributed by atoms with E-state index in [-0.39, 0.29) is 11.9 Å². The van der Waals surface area contributed by atoms with Gasteiger partial charge in [0.25, 0.3) is 0 Å². The van der Waals surface area contributed by atoms with Crippen molar-refractivity contribution in [3.8, 4) is 0 Å². The summed E-state index contributed by atoms with van der Waals surface area (Å²) in [6.45, 7) is 4.94. The first-order chi connectivity index (χ1) is 4.59. The summed E-state index contributed by atoms with van der Waals surface area (Å²) in [6.07, 6.45) is 0.824. The molecule has 0 bridgehead atoms. The molecule has 1 N–H and O–H groups in total. The number of amidine groups is 1. The summed E-state index contributed by atoms with van der Waals surface area (Å²) in [5, 5.41) is 7.08. The Morgan fingerprint density at radius 3 is 2.50 bits per heavy atom. The molecule has 0 aliphatic carbocycles. The van der Waals surface area contributed by atoms with Crippen LogP contribution in [0.1, 0.15) is 20.8 Å². The average molecular weight is 145 g/mol. The Kier molecular flexibility index (Phi) is 3.61. The second-order valence-electron chi connectivity index (χ2n) is 2.21. The van der Waals surface area contributed by atoms with Crippen molar-refractivity contribution in [1.29, 1.82) is 5.41 Å². The second-order valence-corrected chi connectivity index (χ2v) is 2.21. The minimum absolute atomic E-state index is 0.213. The molecular weight excluding hydrogens is 133 g/mol. The van der Waals surface area contributed by atoms with E-state index in [2.05, 4.69) is 4.99 Å². The fourth-order valence-corrected chi connectivity index (χ4v) is 0.522. The first-order valence-corrected chi connectivity index (χ1v) is 3.08. The van der Waals surface area contributed by atoms with E-state index >= 15 is 0 Å². The summed E-state index contributed by atoms with van der Waals surface area (Å²) in [7, 11) is 0. The van der Waals surface area contributed by atoms with Gasteiger partial charge in [-0.25, -0.2) is 4.99 Å². The molecule has 0 saturated carbocycles. The van der Waals surface area contributed by atoms with Crippen LogP contribution in [0.3, 0.4) is 0 Å². The average Bonchev–Trinajstić information content (AvgIpc) is 1.87. The van der Waals surface area contributed by atoms with Crippen molar-refractivity contribution in [1.82, 2.24) is 5.12 Å². The number of hydrogen-bond acceptors (Lipinski definition) is 1. The largest absolute Gasteiger partial charge is 0.289 e. The lowest BCUT2D eigenvalue weighted by molar-refractivity contribution is 0.0827. The van der Waals surface area contributed by atoms with Crippen LogP contribution in [-0.2, 0) is 0 Å². The van der Waals surface area contributed by atoms with E-state index in [9.17, 15) is 4.48 Å². The second kappa shape index (κ2) is 3.98. The Balaban J connectivity index is 4.06. The first-order valence-electron chi connectivity index (χ1n) is 3.08. The van der Waals surface area contributed by atoms with Crippen LogP contribution in [-0.4, -0.2) is 23.3 Å². The summed E-state index contributed by atoms with van der Waals surface area (Å²) >= 11 is 0. The van der Waals surface area contributed by atoms with Crippen LogP contribution in [0.25, 0.3) is 0 Å². The highest BCUT2D eigenvalue weighted by Crippen LogP contribution is 1.99. The maximum absolute atomic E-state index is 12.7. The Labute approximate surface area is 60.0 Å². The van der Waals surface area contributed by atoms with Crippen LogP contribution in [0.5, 0.6) is 0 Å². The molecule has 0 aliphatic rings. The van der Waals surface area contributed by atoms with Gasteiger partial charge in [-0.15, -0.1) is 0 Å². The van der Waals surface area contributed by atoms with Crippen molar-refractivity contribution >= 4 is 12.2 Å². The van der Waals surface area contributed by atoms with Gasteiger partial charge in [-0.3, -0.25) is 5.41 Å². The number of nitrogens with zero attached hydrogens (tertiary/aromatic N) is 2. The molecule has 4 heteroatoms. The van der Waals surface area contributed by atoms with Crippen LogP contribution >= 0.6 is 0 Å². The lowest BCUT2D eigenvalue weighted by atomic mass is 10.4. The van der Waals surface area contributed by atoms with E-state index in [0.717, 1.165) is 6.34 Å². The SMILES string of the molecule is CC(=NC=N)N(F)C(C)C. The van der Waals surface area contributed by atoms with Gasteiger partial charge in [-0.2, -0.15) is 5.12 Å². The van der Waals surface area contributed by atoms with Crippen LogP contribution in [0, 0.1) is 5.41 Å². The molecular formula is C6H12FN3.